The third-order valence-corrected chi connectivity index (χ3v) is 2.65. The summed E-state index contributed by atoms with van der Waals surface area (Å²) in [5.41, 5.74) is 3.43. The summed E-state index contributed by atoms with van der Waals surface area (Å²) >= 11 is 5.16. The van der Waals surface area contributed by atoms with Gasteiger partial charge in [0.15, 0.2) is 10.9 Å². The van der Waals surface area contributed by atoms with E-state index in [0.717, 1.165) is 5.69 Å². The topological polar surface area (TPSA) is 50.1 Å². The van der Waals surface area contributed by atoms with Crippen LogP contribution in [0.25, 0.3) is 0 Å². The van der Waals surface area contributed by atoms with Crippen molar-refractivity contribution in [1.29, 1.82) is 0 Å². The Kier molecular flexibility index (Phi) is 3.39. The molecule has 2 N–H and O–H groups in total. The van der Waals surface area contributed by atoms with E-state index in [1.165, 1.54) is 17.4 Å². The van der Waals surface area contributed by atoms with Crippen molar-refractivity contribution in [1.82, 2.24) is 5.16 Å². The van der Waals surface area contributed by atoms with E-state index < -0.39 is 0 Å². The number of anilines is 2. The van der Waals surface area contributed by atoms with E-state index in [-0.39, 0.29) is 0 Å². The van der Waals surface area contributed by atoms with Crippen molar-refractivity contribution < 1.29 is 4.52 Å². The first-order valence-electron chi connectivity index (χ1n) is 5.21. The van der Waals surface area contributed by atoms with Crippen LogP contribution in [0.15, 0.2) is 35.1 Å². The molecule has 1 heterocycles. The summed E-state index contributed by atoms with van der Waals surface area (Å²) in [6.07, 6.45) is 1.49. The predicted octanol–water partition coefficient (Wildman–Crippen LogP) is 3.10. The fraction of sp³-hybridized carbons (Fsp3) is 0.167. The van der Waals surface area contributed by atoms with Crippen LogP contribution in [0.2, 0.25) is 0 Å². The molecule has 1 aromatic heterocycles. The molecule has 5 heteroatoms. The van der Waals surface area contributed by atoms with Gasteiger partial charge in [-0.25, -0.2) is 0 Å². The van der Waals surface area contributed by atoms with Crippen LogP contribution >= 0.6 is 12.2 Å². The summed E-state index contributed by atoms with van der Waals surface area (Å²) < 4.78 is 4.70. The Labute approximate surface area is 105 Å². The summed E-state index contributed by atoms with van der Waals surface area (Å²) in [5, 5.41) is 10.2. The van der Waals surface area contributed by atoms with Gasteiger partial charge in [0.1, 0.15) is 6.26 Å². The number of nitrogens with one attached hydrogen (secondary N) is 2. The fourth-order valence-electron chi connectivity index (χ4n) is 1.37. The number of aromatic nitrogens is 1. The highest BCUT2D eigenvalue weighted by Crippen LogP contribution is 2.14. The van der Waals surface area contributed by atoms with Crippen LogP contribution in [0.5, 0.6) is 0 Å². The molecule has 0 fully saturated rings. The minimum atomic E-state index is 0.488. The zero-order valence-corrected chi connectivity index (χ0v) is 10.5. The van der Waals surface area contributed by atoms with Crippen molar-refractivity contribution >= 4 is 28.8 Å². The van der Waals surface area contributed by atoms with Crippen molar-refractivity contribution in [2.75, 3.05) is 10.6 Å². The molecule has 2 rings (SSSR count). The van der Waals surface area contributed by atoms with E-state index in [9.17, 15) is 0 Å². The van der Waals surface area contributed by atoms with Crippen LogP contribution in [-0.4, -0.2) is 10.3 Å². The van der Waals surface area contributed by atoms with E-state index in [4.69, 9.17) is 16.7 Å². The van der Waals surface area contributed by atoms with Crippen LogP contribution in [0.4, 0.5) is 11.5 Å². The second-order valence-corrected chi connectivity index (χ2v) is 4.17. The lowest BCUT2D eigenvalue weighted by Gasteiger charge is -2.09. The van der Waals surface area contributed by atoms with Gasteiger partial charge in [0, 0.05) is 11.8 Å². The fourth-order valence-corrected chi connectivity index (χ4v) is 1.60. The van der Waals surface area contributed by atoms with Gasteiger partial charge >= 0.3 is 0 Å². The van der Waals surface area contributed by atoms with Gasteiger partial charge in [0.2, 0.25) is 0 Å². The number of hydrogen-bond acceptors (Lipinski definition) is 3. The standard InChI is InChI=1S/C12H13N3OS/c1-8-3-4-10(7-9(8)2)13-12(17)14-11-5-6-16-15-11/h3-7H,1-2H3,(H2,13,14,15,17). The number of benzene rings is 1. The number of rotatable bonds is 2. The van der Waals surface area contributed by atoms with Gasteiger partial charge in [0.25, 0.3) is 0 Å². The van der Waals surface area contributed by atoms with Crippen LogP contribution in [0.3, 0.4) is 0 Å². The Hall–Kier alpha value is -1.88. The van der Waals surface area contributed by atoms with Gasteiger partial charge in [0.05, 0.1) is 0 Å². The lowest BCUT2D eigenvalue weighted by Crippen LogP contribution is -2.19. The average molecular weight is 247 g/mol. The minimum Gasteiger partial charge on any atom is -0.363 e. The molecule has 0 bridgehead atoms. The van der Waals surface area contributed by atoms with Crippen molar-refractivity contribution in [3.05, 3.63) is 41.7 Å². The van der Waals surface area contributed by atoms with Crippen LogP contribution in [0, 0.1) is 13.8 Å². The van der Waals surface area contributed by atoms with E-state index in [1.807, 2.05) is 12.1 Å². The van der Waals surface area contributed by atoms with E-state index in [2.05, 4.69) is 35.7 Å². The van der Waals surface area contributed by atoms with Crippen molar-refractivity contribution in [2.24, 2.45) is 0 Å². The monoisotopic (exact) mass is 247 g/mol. The maximum atomic E-state index is 5.16. The molecule has 2 aromatic rings. The maximum Gasteiger partial charge on any atom is 0.176 e. The van der Waals surface area contributed by atoms with E-state index >= 15 is 0 Å². The molecule has 0 aliphatic heterocycles. The highest BCUT2D eigenvalue weighted by Gasteiger charge is 2.01. The predicted molar refractivity (Wildman–Crippen MR) is 72.3 cm³/mol. The molecule has 0 saturated heterocycles. The quantitative estimate of drug-likeness (QED) is 0.799. The minimum absolute atomic E-state index is 0.488. The summed E-state index contributed by atoms with van der Waals surface area (Å²) in [7, 11) is 0. The lowest BCUT2D eigenvalue weighted by atomic mass is 10.1. The van der Waals surface area contributed by atoms with Gasteiger partial charge in [-0.2, -0.15) is 0 Å². The first-order valence-corrected chi connectivity index (χ1v) is 5.61. The zero-order valence-electron chi connectivity index (χ0n) is 9.65. The van der Waals surface area contributed by atoms with Gasteiger partial charge < -0.3 is 15.2 Å². The van der Waals surface area contributed by atoms with Crippen molar-refractivity contribution in [3.8, 4) is 0 Å². The summed E-state index contributed by atoms with van der Waals surface area (Å²) in [6, 6.07) is 7.79. The van der Waals surface area contributed by atoms with Crippen LogP contribution in [-0.2, 0) is 0 Å². The molecular formula is C12H13N3OS. The molecule has 0 spiro atoms. The molecule has 0 amide bonds. The van der Waals surface area contributed by atoms with Gasteiger partial charge in [-0.05, 0) is 49.3 Å². The van der Waals surface area contributed by atoms with Crippen molar-refractivity contribution in [3.63, 3.8) is 0 Å². The molecule has 88 valence electrons. The SMILES string of the molecule is Cc1ccc(NC(=S)Nc2ccon2)cc1C. The largest absolute Gasteiger partial charge is 0.363 e. The molecule has 4 nitrogen and oxygen atoms in total. The number of hydrogen-bond donors (Lipinski definition) is 2. The third kappa shape index (κ3) is 3.04. The summed E-state index contributed by atoms with van der Waals surface area (Å²) in [5.74, 6) is 0.589. The zero-order chi connectivity index (χ0) is 12.3. The number of nitrogens with zero attached hydrogens (tertiary/aromatic N) is 1. The Bertz CT molecular complexity index is 523. The first kappa shape index (κ1) is 11.6. The van der Waals surface area contributed by atoms with E-state index in [1.54, 1.807) is 6.07 Å². The Morgan fingerprint density at radius 3 is 2.65 bits per heavy atom. The molecule has 17 heavy (non-hydrogen) atoms. The second kappa shape index (κ2) is 4.97. The molecule has 1 aromatic carbocycles. The molecule has 0 unspecified atom stereocenters. The van der Waals surface area contributed by atoms with Gasteiger partial charge in [-0.15, -0.1) is 0 Å². The Morgan fingerprint density at radius 2 is 2.00 bits per heavy atom. The lowest BCUT2D eigenvalue weighted by molar-refractivity contribution is 0.423. The molecular weight excluding hydrogens is 234 g/mol. The first-order chi connectivity index (χ1) is 8.15. The summed E-state index contributed by atoms with van der Waals surface area (Å²) in [6.45, 7) is 4.14. The van der Waals surface area contributed by atoms with Crippen LogP contribution in [0.1, 0.15) is 11.1 Å². The van der Waals surface area contributed by atoms with E-state index in [0.29, 0.717) is 10.9 Å². The Morgan fingerprint density at radius 1 is 1.18 bits per heavy atom. The number of thiocarbonyl (C=S) groups is 1. The molecule has 0 atom stereocenters. The highest BCUT2D eigenvalue weighted by atomic mass is 32.1. The summed E-state index contributed by atoms with van der Waals surface area (Å²) in [4.78, 5) is 0. The Balaban J connectivity index is 2.00. The van der Waals surface area contributed by atoms with Crippen LogP contribution < -0.4 is 10.6 Å². The molecule has 0 radical (unpaired) electrons. The third-order valence-electron chi connectivity index (χ3n) is 2.44. The van der Waals surface area contributed by atoms with Crippen molar-refractivity contribution in [2.45, 2.75) is 13.8 Å². The number of aryl methyl sites for hydroxylation is 2. The van der Waals surface area contributed by atoms with Gasteiger partial charge in [-0.1, -0.05) is 11.2 Å². The smallest absolute Gasteiger partial charge is 0.176 e. The average Bonchev–Trinajstić information content (AvgIpc) is 2.76. The molecule has 0 aliphatic rings. The second-order valence-electron chi connectivity index (χ2n) is 3.76. The highest BCUT2D eigenvalue weighted by molar-refractivity contribution is 7.80. The van der Waals surface area contributed by atoms with Gasteiger partial charge in [-0.3, -0.25) is 0 Å². The normalized spacial score (nSPS) is 10.0. The molecule has 0 saturated carbocycles. The molecule has 0 aliphatic carbocycles. The maximum absolute atomic E-state index is 5.16.